The molecule has 2 aromatic carbocycles. The first-order chi connectivity index (χ1) is 18.0. The first-order valence-electron chi connectivity index (χ1n) is 12.3. The molecule has 3 aromatic rings. The minimum Gasteiger partial charge on any atom is -0.497 e. The van der Waals surface area contributed by atoms with Crippen molar-refractivity contribution in [3.8, 4) is 11.8 Å². The van der Waals surface area contributed by atoms with Gasteiger partial charge >= 0.3 is 6.09 Å². The number of nitrogens with zero attached hydrogens (tertiary/aromatic N) is 5. The maximum absolute atomic E-state index is 13.1. The van der Waals surface area contributed by atoms with Crippen LogP contribution in [0.1, 0.15) is 24.1 Å². The van der Waals surface area contributed by atoms with Crippen LogP contribution in [-0.4, -0.2) is 73.3 Å². The summed E-state index contributed by atoms with van der Waals surface area (Å²) < 4.78 is 10.3. The van der Waals surface area contributed by atoms with Crippen molar-refractivity contribution in [1.82, 2.24) is 20.2 Å². The fourth-order valence-corrected chi connectivity index (χ4v) is 4.21. The van der Waals surface area contributed by atoms with Crippen molar-refractivity contribution < 1.29 is 19.1 Å². The van der Waals surface area contributed by atoms with Crippen LogP contribution in [0.25, 0.3) is 11.0 Å². The molecule has 10 heteroatoms. The van der Waals surface area contributed by atoms with E-state index in [1.807, 2.05) is 53.4 Å². The van der Waals surface area contributed by atoms with Crippen LogP contribution >= 0.6 is 0 Å². The smallest absolute Gasteiger partial charge is 0.409 e. The van der Waals surface area contributed by atoms with Crippen LogP contribution in [0.15, 0.2) is 48.5 Å². The van der Waals surface area contributed by atoms with Gasteiger partial charge in [0.15, 0.2) is 11.7 Å². The number of aromatic nitrogens is 2. The molecule has 1 aromatic heterocycles. The van der Waals surface area contributed by atoms with Crippen molar-refractivity contribution in [2.24, 2.45) is 0 Å². The highest BCUT2D eigenvalue weighted by molar-refractivity contribution is 5.89. The predicted octanol–water partition coefficient (Wildman–Crippen LogP) is 2.88. The van der Waals surface area contributed by atoms with Gasteiger partial charge in [-0.25, -0.2) is 14.8 Å². The lowest BCUT2D eigenvalue weighted by Crippen LogP contribution is -2.49. The van der Waals surface area contributed by atoms with Crippen LogP contribution in [0.4, 0.5) is 10.6 Å². The molecule has 0 radical (unpaired) electrons. The molecule has 1 saturated heterocycles. The first kappa shape index (κ1) is 25.7. The summed E-state index contributed by atoms with van der Waals surface area (Å²) in [6, 6.07) is 17.1. The van der Waals surface area contributed by atoms with Gasteiger partial charge in [0.1, 0.15) is 11.4 Å². The molecule has 2 amide bonds. The second kappa shape index (κ2) is 12.0. The van der Waals surface area contributed by atoms with E-state index in [-0.39, 0.29) is 6.09 Å². The van der Waals surface area contributed by atoms with Gasteiger partial charge in [-0.1, -0.05) is 24.3 Å². The molecule has 1 atom stereocenters. The van der Waals surface area contributed by atoms with E-state index < -0.39 is 11.8 Å². The zero-order valence-corrected chi connectivity index (χ0v) is 21.0. The minimum atomic E-state index is -1.13. The van der Waals surface area contributed by atoms with Crippen molar-refractivity contribution in [3.63, 3.8) is 0 Å². The summed E-state index contributed by atoms with van der Waals surface area (Å²) in [7, 11) is 1.61. The molecular formula is C27H30N6O4. The lowest BCUT2D eigenvalue weighted by atomic mass is 10.0. The van der Waals surface area contributed by atoms with Crippen molar-refractivity contribution in [2.75, 3.05) is 51.3 Å². The molecule has 37 heavy (non-hydrogen) atoms. The highest BCUT2D eigenvalue weighted by Crippen LogP contribution is 2.28. The summed E-state index contributed by atoms with van der Waals surface area (Å²) in [5.74, 6) is -0.306. The Balaban J connectivity index is 1.52. The third-order valence-corrected chi connectivity index (χ3v) is 6.22. The fourth-order valence-electron chi connectivity index (χ4n) is 4.21. The van der Waals surface area contributed by atoms with Crippen LogP contribution < -0.4 is 15.0 Å². The molecule has 0 bridgehead atoms. The third kappa shape index (κ3) is 6.06. The number of carbonyl (C=O) groups excluding carboxylic acids is 2. The van der Waals surface area contributed by atoms with Crippen LogP contribution in [-0.2, 0) is 16.0 Å². The monoisotopic (exact) mass is 502 g/mol. The van der Waals surface area contributed by atoms with E-state index in [0.29, 0.717) is 68.3 Å². The Labute approximate surface area is 215 Å². The minimum absolute atomic E-state index is 0.313. The quantitative estimate of drug-likeness (QED) is 0.499. The van der Waals surface area contributed by atoms with Crippen LogP contribution in [0, 0.1) is 11.3 Å². The summed E-state index contributed by atoms with van der Waals surface area (Å²) in [4.78, 5) is 38.4. The van der Waals surface area contributed by atoms with Gasteiger partial charge in [0, 0.05) is 32.7 Å². The van der Waals surface area contributed by atoms with E-state index in [0.717, 1.165) is 11.3 Å². The molecule has 2 heterocycles. The number of anilines is 1. The van der Waals surface area contributed by atoms with Gasteiger partial charge in [-0.15, -0.1) is 0 Å². The molecule has 1 aliphatic heterocycles. The van der Waals surface area contributed by atoms with E-state index in [1.54, 1.807) is 18.9 Å². The van der Waals surface area contributed by atoms with Gasteiger partial charge in [0.25, 0.3) is 0 Å². The molecule has 1 fully saturated rings. The normalized spacial score (nSPS) is 14.1. The van der Waals surface area contributed by atoms with Gasteiger partial charge < -0.3 is 24.6 Å². The standard InChI is InChI=1S/C27H30N6O4/c1-3-37-27(35)33-16-14-32(15-17-33)25-24(30-22-6-4-5-7-23(22)31-25)21(18-28)26(34)29-13-12-19-8-10-20(36-2)11-9-19/h4-11,21H,3,12-17H2,1-2H3,(H,29,34)/t21-/m1/s1. The largest absolute Gasteiger partial charge is 0.497 e. The van der Waals surface area contributed by atoms with Gasteiger partial charge in [0.2, 0.25) is 5.91 Å². The number of piperazine rings is 1. The Hall–Kier alpha value is -4.39. The Kier molecular flexibility index (Phi) is 8.36. The molecule has 1 N–H and O–H groups in total. The van der Waals surface area contributed by atoms with Crippen LogP contribution in [0.5, 0.6) is 5.75 Å². The maximum Gasteiger partial charge on any atom is 0.409 e. The van der Waals surface area contributed by atoms with Crippen molar-refractivity contribution >= 4 is 28.9 Å². The zero-order chi connectivity index (χ0) is 26.2. The second-order valence-electron chi connectivity index (χ2n) is 8.55. The van der Waals surface area contributed by atoms with E-state index in [4.69, 9.17) is 19.4 Å². The molecule has 0 unspecified atom stereocenters. The van der Waals surface area contributed by atoms with E-state index in [1.165, 1.54) is 0 Å². The van der Waals surface area contributed by atoms with Crippen molar-refractivity contribution in [3.05, 3.63) is 59.8 Å². The second-order valence-corrected chi connectivity index (χ2v) is 8.55. The number of hydrogen-bond acceptors (Lipinski definition) is 8. The number of nitrogens with one attached hydrogen (secondary N) is 1. The summed E-state index contributed by atoms with van der Waals surface area (Å²) >= 11 is 0. The van der Waals surface area contributed by atoms with Crippen molar-refractivity contribution in [2.45, 2.75) is 19.3 Å². The summed E-state index contributed by atoms with van der Waals surface area (Å²) in [5.41, 5.74) is 2.64. The highest BCUT2D eigenvalue weighted by atomic mass is 16.6. The summed E-state index contributed by atoms with van der Waals surface area (Å²) in [6.07, 6.45) is 0.262. The lowest BCUT2D eigenvalue weighted by molar-refractivity contribution is -0.121. The van der Waals surface area contributed by atoms with Gasteiger partial charge in [0.05, 0.1) is 30.8 Å². The average Bonchev–Trinajstić information content (AvgIpc) is 2.93. The van der Waals surface area contributed by atoms with Crippen molar-refractivity contribution in [1.29, 1.82) is 5.26 Å². The number of amides is 2. The van der Waals surface area contributed by atoms with E-state index in [9.17, 15) is 14.9 Å². The number of hydrogen-bond donors (Lipinski definition) is 1. The van der Waals surface area contributed by atoms with Crippen LogP contribution in [0.3, 0.4) is 0 Å². The number of benzene rings is 2. The zero-order valence-electron chi connectivity index (χ0n) is 21.0. The Bertz CT molecular complexity index is 1280. The summed E-state index contributed by atoms with van der Waals surface area (Å²) in [6.45, 7) is 4.31. The number of carbonyl (C=O) groups is 2. The molecule has 192 valence electrons. The number of nitriles is 1. The highest BCUT2D eigenvalue weighted by Gasteiger charge is 2.31. The third-order valence-electron chi connectivity index (χ3n) is 6.22. The maximum atomic E-state index is 13.1. The lowest BCUT2D eigenvalue weighted by Gasteiger charge is -2.35. The Morgan fingerprint density at radius 2 is 1.73 bits per heavy atom. The molecule has 1 aliphatic rings. The first-order valence-corrected chi connectivity index (χ1v) is 12.3. The topological polar surface area (TPSA) is 121 Å². The predicted molar refractivity (Wildman–Crippen MR) is 138 cm³/mol. The Morgan fingerprint density at radius 3 is 2.35 bits per heavy atom. The van der Waals surface area contributed by atoms with E-state index in [2.05, 4.69) is 11.4 Å². The van der Waals surface area contributed by atoms with E-state index >= 15 is 0 Å². The molecule has 0 saturated carbocycles. The number of para-hydroxylation sites is 2. The molecule has 10 nitrogen and oxygen atoms in total. The number of fused-ring (bicyclic) bond motifs is 1. The molecule has 4 rings (SSSR count). The van der Waals surface area contributed by atoms with Gasteiger partial charge in [-0.3, -0.25) is 4.79 Å². The SMILES string of the molecule is CCOC(=O)N1CCN(c2nc3ccccc3nc2[C@@H](C#N)C(=O)NCCc2ccc(OC)cc2)CC1. The van der Waals surface area contributed by atoms with Gasteiger partial charge in [-0.2, -0.15) is 5.26 Å². The fraction of sp³-hybridized carbons (Fsp3) is 0.370. The van der Waals surface area contributed by atoms with Gasteiger partial charge in [-0.05, 0) is 43.2 Å². The molecule has 0 spiro atoms. The van der Waals surface area contributed by atoms with Crippen LogP contribution in [0.2, 0.25) is 0 Å². The number of methoxy groups -OCH3 is 1. The Morgan fingerprint density at radius 1 is 1.05 bits per heavy atom. The number of ether oxygens (including phenoxy) is 2. The molecule has 0 aliphatic carbocycles. The number of rotatable bonds is 8. The summed E-state index contributed by atoms with van der Waals surface area (Å²) in [5, 5.41) is 12.9. The average molecular weight is 503 g/mol. The molecular weight excluding hydrogens is 472 g/mol.